The molecule has 4 nitrogen and oxygen atoms in total. The van der Waals surface area contributed by atoms with E-state index in [0.717, 1.165) is 13.0 Å². The number of amides is 1. The number of rotatable bonds is 3. The first-order valence-corrected chi connectivity index (χ1v) is 6.59. The fourth-order valence-corrected chi connectivity index (χ4v) is 2.11. The van der Waals surface area contributed by atoms with Gasteiger partial charge in [-0.3, -0.25) is 4.79 Å². The number of carbonyl (C=O) groups is 1. The molecule has 1 aromatic rings. The van der Waals surface area contributed by atoms with E-state index >= 15 is 0 Å². The van der Waals surface area contributed by atoms with E-state index in [4.69, 9.17) is 10.5 Å². The zero-order chi connectivity index (χ0) is 13.8. The largest absolute Gasteiger partial charge is 0.492 e. The topological polar surface area (TPSA) is 55.6 Å². The lowest BCUT2D eigenvalue weighted by Crippen LogP contribution is -2.34. The van der Waals surface area contributed by atoms with Crippen molar-refractivity contribution in [3.8, 4) is 5.75 Å². The van der Waals surface area contributed by atoms with Crippen molar-refractivity contribution in [1.82, 2.24) is 4.90 Å². The molecular weight excluding hydrogens is 240 g/mol. The van der Waals surface area contributed by atoms with Crippen LogP contribution in [0.4, 0.5) is 5.69 Å². The van der Waals surface area contributed by atoms with Gasteiger partial charge in [0.1, 0.15) is 5.75 Å². The number of hydrogen-bond acceptors (Lipinski definition) is 3. The molecule has 102 valence electrons. The van der Waals surface area contributed by atoms with Crippen LogP contribution < -0.4 is 10.5 Å². The van der Waals surface area contributed by atoms with Gasteiger partial charge < -0.3 is 15.4 Å². The first-order chi connectivity index (χ1) is 9.11. The van der Waals surface area contributed by atoms with Crippen molar-refractivity contribution in [2.75, 3.05) is 25.4 Å². The Kier molecular flexibility index (Phi) is 4.10. The Morgan fingerprint density at radius 1 is 1.47 bits per heavy atom. The van der Waals surface area contributed by atoms with Crippen molar-refractivity contribution in [2.45, 2.75) is 20.3 Å². The van der Waals surface area contributed by atoms with Crippen molar-refractivity contribution >= 4 is 11.6 Å². The van der Waals surface area contributed by atoms with E-state index < -0.39 is 0 Å². The Bertz CT molecular complexity index is 509. The van der Waals surface area contributed by atoms with Crippen LogP contribution in [0.15, 0.2) is 29.8 Å². The Morgan fingerprint density at radius 3 is 2.84 bits per heavy atom. The van der Waals surface area contributed by atoms with Crippen LogP contribution in [0.2, 0.25) is 0 Å². The Morgan fingerprint density at radius 2 is 2.26 bits per heavy atom. The average molecular weight is 260 g/mol. The van der Waals surface area contributed by atoms with Gasteiger partial charge in [0.2, 0.25) is 0 Å². The molecule has 1 heterocycles. The molecule has 0 aliphatic carbocycles. The summed E-state index contributed by atoms with van der Waals surface area (Å²) in [6.45, 7) is 6.01. The lowest BCUT2D eigenvalue weighted by molar-refractivity contribution is 0.0769. The van der Waals surface area contributed by atoms with Gasteiger partial charge in [0, 0.05) is 18.7 Å². The van der Waals surface area contributed by atoms with E-state index in [1.165, 1.54) is 5.57 Å². The molecule has 1 aliphatic rings. The number of hydrogen-bond donors (Lipinski definition) is 1. The number of nitrogens with zero attached hydrogens (tertiary/aromatic N) is 1. The zero-order valence-electron chi connectivity index (χ0n) is 11.5. The molecule has 0 radical (unpaired) electrons. The SMILES string of the molecule is CCOc1ccc(C(=O)N2CC=C(C)CC2)cc1N. The highest BCUT2D eigenvalue weighted by atomic mass is 16.5. The van der Waals surface area contributed by atoms with Crippen molar-refractivity contribution in [3.05, 3.63) is 35.4 Å². The van der Waals surface area contributed by atoms with Crippen molar-refractivity contribution in [3.63, 3.8) is 0 Å². The highest BCUT2D eigenvalue weighted by Gasteiger charge is 2.18. The van der Waals surface area contributed by atoms with Gasteiger partial charge in [-0.1, -0.05) is 11.6 Å². The van der Waals surface area contributed by atoms with Gasteiger partial charge in [-0.05, 0) is 38.5 Å². The van der Waals surface area contributed by atoms with Crippen LogP contribution in [0.5, 0.6) is 5.75 Å². The summed E-state index contributed by atoms with van der Waals surface area (Å²) in [5.74, 6) is 0.659. The third-order valence-corrected chi connectivity index (χ3v) is 3.28. The van der Waals surface area contributed by atoms with E-state index in [9.17, 15) is 4.79 Å². The summed E-state index contributed by atoms with van der Waals surface area (Å²) in [5, 5.41) is 0. The van der Waals surface area contributed by atoms with Crippen LogP contribution in [0.25, 0.3) is 0 Å². The molecule has 0 saturated heterocycles. The summed E-state index contributed by atoms with van der Waals surface area (Å²) < 4.78 is 5.37. The van der Waals surface area contributed by atoms with Crippen LogP contribution >= 0.6 is 0 Å². The highest BCUT2D eigenvalue weighted by Crippen LogP contribution is 2.23. The second-order valence-corrected chi connectivity index (χ2v) is 4.74. The van der Waals surface area contributed by atoms with Crippen LogP contribution in [0.3, 0.4) is 0 Å². The summed E-state index contributed by atoms with van der Waals surface area (Å²) >= 11 is 0. The summed E-state index contributed by atoms with van der Waals surface area (Å²) in [7, 11) is 0. The first kappa shape index (κ1) is 13.5. The van der Waals surface area contributed by atoms with E-state index in [1.807, 2.05) is 11.8 Å². The molecule has 2 rings (SSSR count). The number of nitrogen functional groups attached to an aromatic ring is 1. The maximum atomic E-state index is 12.3. The van der Waals surface area contributed by atoms with Gasteiger partial charge in [-0.15, -0.1) is 0 Å². The van der Waals surface area contributed by atoms with Crippen molar-refractivity contribution in [2.24, 2.45) is 0 Å². The van der Waals surface area contributed by atoms with Crippen molar-refractivity contribution in [1.29, 1.82) is 0 Å². The third kappa shape index (κ3) is 3.08. The number of ether oxygens (including phenoxy) is 1. The van der Waals surface area contributed by atoms with Gasteiger partial charge in [0.05, 0.1) is 12.3 Å². The molecule has 0 bridgehead atoms. The number of anilines is 1. The van der Waals surface area contributed by atoms with Crippen LogP contribution in [-0.4, -0.2) is 30.5 Å². The van der Waals surface area contributed by atoms with Gasteiger partial charge in [-0.2, -0.15) is 0 Å². The monoisotopic (exact) mass is 260 g/mol. The van der Waals surface area contributed by atoms with E-state index in [2.05, 4.69) is 13.0 Å². The number of benzene rings is 1. The smallest absolute Gasteiger partial charge is 0.254 e. The second-order valence-electron chi connectivity index (χ2n) is 4.74. The Balaban J connectivity index is 2.13. The van der Waals surface area contributed by atoms with Crippen LogP contribution in [-0.2, 0) is 0 Å². The fourth-order valence-electron chi connectivity index (χ4n) is 2.11. The third-order valence-electron chi connectivity index (χ3n) is 3.28. The van der Waals surface area contributed by atoms with Crippen LogP contribution in [0, 0.1) is 0 Å². The Hall–Kier alpha value is -1.97. The normalized spacial score (nSPS) is 15.1. The summed E-state index contributed by atoms with van der Waals surface area (Å²) in [5.41, 5.74) is 8.36. The van der Waals surface area contributed by atoms with E-state index in [0.29, 0.717) is 30.2 Å². The predicted molar refractivity (Wildman–Crippen MR) is 76.3 cm³/mol. The average Bonchev–Trinajstić information content (AvgIpc) is 2.41. The summed E-state index contributed by atoms with van der Waals surface area (Å²) in [6, 6.07) is 5.23. The molecule has 1 amide bonds. The minimum absolute atomic E-state index is 0.0264. The molecule has 0 fully saturated rings. The number of nitrogens with two attached hydrogens (primary N) is 1. The maximum Gasteiger partial charge on any atom is 0.254 e. The predicted octanol–water partition coefficient (Wildman–Crippen LogP) is 2.46. The van der Waals surface area contributed by atoms with Gasteiger partial charge in [0.25, 0.3) is 5.91 Å². The minimum Gasteiger partial charge on any atom is -0.492 e. The molecule has 0 spiro atoms. The summed E-state index contributed by atoms with van der Waals surface area (Å²) in [6.07, 6.45) is 3.04. The van der Waals surface area contributed by atoms with E-state index in [1.54, 1.807) is 18.2 Å². The standard InChI is InChI=1S/C15H20N2O2/c1-3-19-14-5-4-12(10-13(14)16)15(18)17-8-6-11(2)7-9-17/h4-6,10H,3,7-9,16H2,1-2H3. The molecule has 0 saturated carbocycles. The molecule has 0 aromatic heterocycles. The second kappa shape index (κ2) is 5.78. The molecule has 4 heteroatoms. The van der Waals surface area contributed by atoms with Gasteiger partial charge in [0.15, 0.2) is 0 Å². The first-order valence-electron chi connectivity index (χ1n) is 6.59. The molecule has 2 N–H and O–H groups in total. The molecule has 0 atom stereocenters. The van der Waals surface area contributed by atoms with Crippen molar-refractivity contribution < 1.29 is 9.53 Å². The van der Waals surface area contributed by atoms with Gasteiger partial charge in [-0.25, -0.2) is 0 Å². The molecule has 19 heavy (non-hydrogen) atoms. The Labute approximate surface area is 113 Å². The lowest BCUT2D eigenvalue weighted by Gasteiger charge is -2.25. The zero-order valence-corrected chi connectivity index (χ0v) is 11.5. The van der Waals surface area contributed by atoms with Crippen LogP contribution in [0.1, 0.15) is 30.6 Å². The maximum absolute atomic E-state index is 12.3. The minimum atomic E-state index is 0.0264. The quantitative estimate of drug-likeness (QED) is 0.671. The molecule has 1 aliphatic heterocycles. The molecule has 1 aromatic carbocycles. The number of carbonyl (C=O) groups excluding carboxylic acids is 1. The highest BCUT2D eigenvalue weighted by molar-refractivity contribution is 5.95. The lowest BCUT2D eigenvalue weighted by atomic mass is 10.1. The van der Waals surface area contributed by atoms with Gasteiger partial charge >= 0.3 is 0 Å². The summed E-state index contributed by atoms with van der Waals surface area (Å²) in [4.78, 5) is 14.2. The molecular formula is C15H20N2O2. The molecule has 0 unspecified atom stereocenters. The fraction of sp³-hybridized carbons (Fsp3) is 0.400. The van der Waals surface area contributed by atoms with E-state index in [-0.39, 0.29) is 5.91 Å².